The molecule has 0 radical (unpaired) electrons. The molecule has 0 unspecified atom stereocenters. The minimum Gasteiger partial charge on any atom is -0.464 e. The second-order valence-corrected chi connectivity index (χ2v) is 2.95. The molecule has 0 aliphatic heterocycles. The second-order valence-electron chi connectivity index (χ2n) is 2.95. The zero-order valence-electron chi connectivity index (χ0n) is 9.53. The highest BCUT2D eigenvalue weighted by molar-refractivity contribution is 5.35. The third-order valence-corrected chi connectivity index (χ3v) is 1.73. The Balaban J connectivity index is 2.69. The fourth-order valence-electron chi connectivity index (χ4n) is 1.02. The first-order valence-electron chi connectivity index (χ1n) is 5.21. The highest BCUT2D eigenvalue weighted by Gasteiger charge is 2.05. The maximum atomic E-state index is 8.65. The highest BCUT2D eigenvalue weighted by atomic mass is 16.5. The van der Waals surface area contributed by atoms with Crippen LogP contribution < -0.4 is 15.4 Å². The lowest BCUT2D eigenvalue weighted by Gasteiger charge is -2.07. The molecule has 0 aromatic carbocycles. The van der Waals surface area contributed by atoms with Crippen molar-refractivity contribution in [1.82, 2.24) is 15.0 Å². The molecule has 7 nitrogen and oxygen atoms in total. The predicted molar refractivity (Wildman–Crippen MR) is 60.7 cm³/mol. The van der Waals surface area contributed by atoms with Crippen LogP contribution in [0, 0.1) is 0 Å². The quantitative estimate of drug-likeness (QED) is 0.569. The fraction of sp³-hybridized carbons (Fsp3) is 0.667. The molecular formula is C9H17N5O2. The van der Waals surface area contributed by atoms with Crippen molar-refractivity contribution in [3.63, 3.8) is 0 Å². The van der Waals surface area contributed by atoms with E-state index in [9.17, 15) is 0 Å². The van der Waals surface area contributed by atoms with Crippen LogP contribution in [-0.2, 0) is 0 Å². The van der Waals surface area contributed by atoms with Gasteiger partial charge in [-0.15, -0.1) is 0 Å². The Morgan fingerprint density at radius 3 is 2.62 bits per heavy atom. The van der Waals surface area contributed by atoms with Crippen molar-refractivity contribution in [1.29, 1.82) is 0 Å². The zero-order chi connectivity index (χ0) is 11.8. The van der Waals surface area contributed by atoms with Gasteiger partial charge in [0.25, 0.3) is 0 Å². The van der Waals surface area contributed by atoms with Gasteiger partial charge in [-0.05, 0) is 13.3 Å². The van der Waals surface area contributed by atoms with Gasteiger partial charge < -0.3 is 20.5 Å². The van der Waals surface area contributed by atoms with E-state index in [2.05, 4.69) is 25.6 Å². The summed E-state index contributed by atoms with van der Waals surface area (Å²) in [6, 6.07) is 0.286. The van der Waals surface area contributed by atoms with Gasteiger partial charge in [-0.2, -0.15) is 15.0 Å². The van der Waals surface area contributed by atoms with E-state index in [-0.39, 0.29) is 12.6 Å². The molecule has 1 aromatic rings. The van der Waals surface area contributed by atoms with E-state index in [0.29, 0.717) is 31.5 Å². The van der Waals surface area contributed by atoms with Crippen LogP contribution in [0.15, 0.2) is 0 Å². The van der Waals surface area contributed by atoms with Crippen molar-refractivity contribution in [2.24, 2.45) is 0 Å². The predicted octanol–water partition coefficient (Wildman–Crippen LogP) is 0.106. The maximum Gasteiger partial charge on any atom is 0.323 e. The van der Waals surface area contributed by atoms with E-state index >= 15 is 0 Å². The average Bonchev–Trinajstić information content (AvgIpc) is 2.29. The summed E-state index contributed by atoms with van der Waals surface area (Å²) in [7, 11) is 1.72. The molecule has 0 aliphatic rings. The summed E-state index contributed by atoms with van der Waals surface area (Å²) >= 11 is 0. The van der Waals surface area contributed by atoms with Gasteiger partial charge in [0.15, 0.2) is 0 Å². The monoisotopic (exact) mass is 227 g/mol. The van der Waals surface area contributed by atoms with Crippen molar-refractivity contribution < 1.29 is 9.84 Å². The summed E-state index contributed by atoms with van der Waals surface area (Å²) in [5, 5.41) is 14.5. The first-order valence-corrected chi connectivity index (χ1v) is 5.21. The van der Waals surface area contributed by atoms with Gasteiger partial charge in [0, 0.05) is 20.2 Å². The third kappa shape index (κ3) is 3.85. The van der Waals surface area contributed by atoms with Crippen LogP contribution in [0.25, 0.3) is 0 Å². The number of anilines is 2. The number of aromatic nitrogens is 3. The molecule has 0 amide bonds. The Morgan fingerprint density at radius 1 is 1.25 bits per heavy atom. The van der Waals surface area contributed by atoms with E-state index in [4.69, 9.17) is 9.84 Å². The topological polar surface area (TPSA) is 92.2 Å². The second kappa shape index (κ2) is 6.78. The summed E-state index contributed by atoms with van der Waals surface area (Å²) < 4.78 is 5.20. The van der Waals surface area contributed by atoms with Gasteiger partial charge in [0.2, 0.25) is 11.9 Å². The number of aliphatic hydroxyl groups excluding tert-OH is 1. The molecule has 3 N–H and O–H groups in total. The van der Waals surface area contributed by atoms with Crippen LogP contribution >= 0.6 is 0 Å². The maximum absolute atomic E-state index is 8.65. The van der Waals surface area contributed by atoms with Crippen LogP contribution in [0.2, 0.25) is 0 Å². The SMILES string of the molecule is CCOc1nc(NC)nc(NCCCO)n1. The summed E-state index contributed by atoms with van der Waals surface area (Å²) in [5.74, 6) is 0.890. The molecule has 1 rings (SSSR count). The first kappa shape index (κ1) is 12.4. The molecule has 0 bridgehead atoms. The lowest BCUT2D eigenvalue weighted by atomic mass is 10.4. The number of hydrogen-bond donors (Lipinski definition) is 3. The summed E-state index contributed by atoms with van der Waals surface area (Å²) in [4.78, 5) is 12.2. The van der Waals surface area contributed by atoms with Gasteiger partial charge in [-0.25, -0.2) is 0 Å². The van der Waals surface area contributed by atoms with Gasteiger partial charge >= 0.3 is 6.01 Å². The van der Waals surface area contributed by atoms with E-state index in [1.807, 2.05) is 6.92 Å². The number of ether oxygens (including phenoxy) is 1. The van der Waals surface area contributed by atoms with Crippen molar-refractivity contribution in [3.8, 4) is 6.01 Å². The van der Waals surface area contributed by atoms with E-state index < -0.39 is 0 Å². The smallest absolute Gasteiger partial charge is 0.323 e. The molecule has 16 heavy (non-hydrogen) atoms. The number of nitrogens with one attached hydrogen (secondary N) is 2. The molecule has 1 aromatic heterocycles. The van der Waals surface area contributed by atoms with E-state index in [1.54, 1.807) is 7.05 Å². The molecule has 1 heterocycles. The van der Waals surface area contributed by atoms with Gasteiger partial charge in [-0.3, -0.25) is 0 Å². The van der Waals surface area contributed by atoms with Gasteiger partial charge in [-0.1, -0.05) is 0 Å². The highest BCUT2D eigenvalue weighted by Crippen LogP contribution is 2.10. The van der Waals surface area contributed by atoms with Crippen LogP contribution in [0.1, 0.15) is 13.3 Å². The zero-order valence-corrected chi connectivity index (χ0v) is 9.53. The van der Waals surface area contributed by atoms with Crippen molar-refractivity contribution in [3.05, 3.63) is 0 Å². The van der Waals surface area contributed by atoms with Crippen molar-refractivity contribution >= 4 is 11.9 Å². The Morgan fingerprint density at radius 2 is 2.00 bits per heavy atom. The minimum absolute atomic E-state index is 0.134. The normalized spacial score (nSPS) is 9.94. The molecule has 90 valence electrons. The molecule has 0 aliphatic carbocycles. The summed E-state index contributed by atoms with van der Waals surface area (Å²) in [6.45, 7) is 3.11. The molecule has 0 fully saturated rings. The molecule has 0 atom stereocenters. The Kier molecular flexibility index (Phi) is 5.27. The van der Waals surface area contributed by atoms with Gasteiger partial charge in [0.05, 0.1) is 6.61 Å². The fourth-order valence-corrected chi connectivity index (χ4v) is 1.02. The average molecular weight is 227 g/mol. The molecule has 0 saturated carbocycles. The standard InChI is InChI=1S/C9H17N5O2/c1-3-16-9-13-7(10-2)12-8(14-9)11-5-4-6-15/h15H,3-6H2,1-2H3,(H2,10,11,12,13,14). The largest absolute Gasteiger partial charge is 0.464 e. The van der Waals surface area contributed by atoms with E-state index in [1.165, 1.54) is 0 Å². The molecular weight excluding hydrogens is 210 g/mol. The van der Waals surface area contributed by atoms with Crippen LogP contribution in [0.3, 0.4) is 0 Å². The summed E-state index contributed by atoms with van der Waals surface area (Å²) in [6.07, 6.45) is 0.643. The Bertz CT molecular complexity index is 321. The van der Waals surface area contributed by atoms with Crippen LogP contribution in [0.4, 0.5) is 11.9 Å². The number of nitrogens with zero attached hydrogens (tertiary/aromatic N) is 3. The molecule has 0 spiro atoms. The van der Waals surface area contributed by atoms with Crippen LogP contribution in [-0.4, -0.2) is 46.9 Å². The lowest BCUT2D eigenvalue weighted by Crippen LogP contribution is -2.11. The third-order valence-electron chi connectivity index (χ3n) is 1.73. The Labute approximate surface area is 94.3 Å². The first-order chi connectivity index (χ1) is 7.80. The number of rotatable bonds is 7. The van der Waals surface area contributed by atoms with Crippen molar-refractivity contribution in [2.75, 3.05) is 37.4 Å². The number of aliphatic hydroxyl groups is 1. The van der Waals surface area contributed by atoms with E-state index in [0.717, 1.165) is 0 Å². The Hall–Kier alpha value is -1.63. The molecule has 0 saturated heterocycles. The number of hydrogen-bond acceptors (Lipinski definition) is 7. The lowest BCUT2D eigenvalue weighted by molar-refractivity contribution is 0.292. The minimum atomic E-state index is 0.134. The van der Waals surface area contributed by atoms with Crippen LogP contribution in [0.5, 0.6) is 6.01 Å². The van der Waals surface area contributed by atoms with Gasteiger partial charge in [0.1, 0.15) is 0 Å². The molecule has 7 heteroatoms. The summed E-state index contributed by atoms with van der Waals surface area (Å²) in [5.41, 5.74) is 0. The van der Waals surface area contributed by atoms with Crippen molar-refractivity contribution in [2.45, 2.75) is 13.3 Å².